The minimum absolute atomic E-state index is 0.392. The molecule has 1 N–H and O–H groups in total. The minimum atomic E-state index is 0.392. The third-order valence-electron chi connectivity index (χ3n) is 4.28. The first-order valence-corrected chi connectivity index (χ1v) is 9.60. The van der Waals surface area contributed by atoms with Crippen molar-refractivity contribution in [3.05, 3.63) is 93.9 Å². The Bertz CT molecular complexity index is 1170. The summed E-state index contributed by atoms with van der Waals surface area (Å²) >= 11 is 12.2. The van der Waals surface area contributed by atoms with E-state index in [2.05, 4.69) is 20.4 Å². The lowest BCUT2D eigenvalue weighted by molar-refractivity contribution is 0.409. The fourth-order valence-electron chi connectivity index (χ4n) is 2.88. The summed E-state index contributed by atoms with van der Waals surface area (Å²) in [6.07, 6.45) is 3.65. The van der Waals surface area contributed by atoms with Crippen molar-refractivity contribution in [1.82, 2.24) is 15.1 Å². The topological polar surface area (TPSA) is 63.8 Å². The van der Waals surface area contributed by atoms with E-state index < -0.39 is 0 Å². The van der Waals surface area contributed by atoms with E-state index in [0.29, 0.717) is 27.6 Å². The molecule has 2 heterocycles. The molecule has 144 valence electrons. The van der Waals surface area contributed by atoms with Crippen LogP contribution in [-0.2, 0) is 0 Å². The van der Waals surface area contributed by atoms with Gasteiger partial charge < -0.3 is 9.84 Å². The fourth-order valence-corrected chi connectivity index (χ4v) is 3.19. The van der Waals surface area contributed by atoms with E-state index in [1.807, 2.05) is 54.6 Å². The SMILES string of the molecule is CNc1ncccc1-c1noc(/C(=C\c2ccc(Cl)c(Cl)c2)c2ccccc2)n1. The van der Waals surface area contributed by atoms with Crippen LogP contribution in [0, 0.1) is 0 Å². The number of anilines is 1. The molecule has 2 aromatic carbocycles. The van der Waals surface area contributed by atoms with Crippen molar-refractivity contribution in [3.63, 3.8) is 0 Å². The van der Waals surface area contributed by atoms with E-state index in [9.17, 15) is 0 Å². The summed E-state index contributed by atoms with van der Waals surface area (Å²) in [5, 5.41) is 8.18. The van der Waals surface area contributed by atoms with Crippen LogP contribution in [0.25, 0.3) is 23.0 Å². The Labute approximate surface area is 178 Å². The summed E-state index contributed by atoms with van der Waals surface area (Å²) in [6.45, 7) is 0. The second kappa shape index (κ2) is 8.47. The molecule has 0 fully saturated rings. The second-order valence-corrected chi connectivity index (χ2v) is 6.98. The maximum atomic E-state index is 6.18. The number of rotatable bonds is 5. The van der Waals surface area contributed by atoms with Gasteiger partial charge >= 0.3 is 0 Å². The number of halogens is 2. The lowest BCUT2D eigenvalue weighted by atomic mass is 10.0. The predicted molar refractivity (Wildman–Crippen MR) is 117 cm³/mol. The molecule has 0 amide bonds. The highest BCUT2D eigenvalue weighted by Crippen LogP contribution is 2.30. The third kappa shape index (κ3) is 4.16. The van der Waals surface area contributed by atoms with Gasteiger partial charge in [-0.25, -0.2) is 4.98 Å². The van der Waals surface area contributed by atoms with E-state index in [0.717, 1.165) is 22.3 Å². The number of hydrogen-bond acceptors (Lipinski definition) is 5. The summed E-state index contributed by atoms with van der Waals surface area (Å²) in [5.41, 5.74) is 3.34. The zero-order valence-corrected chi connectivity index (χ0v) is 16.9. The Kier molecular flexibility index (Phi) is 5.60. The normalized spacial score (nSPS) is 11.5. The van der Waals surface area contributed by atoms with Gasteiger partial charge in [0.05, 0.1) is 15.6 Å². The van der Waals surface area contributed by atoms with Gasteiger partial charge in [-0.15, -0.1) is 0 Å². The Hall–Kier alpha value is -3.15. The number of nitrogens with zero attached hydrogens (tertiary/aromatic N) is 3. The second-order valence-electron chi connectivity index (χ2n) is 6.17. The van der Waals surface area contributed by atoms with Crippen LogP contribution < -0.4 is 5.32 Å². The van der Waals surface area contributed by atoms with E-state index in [4.69, 9.17) is 27.7 Å². The zero-order chi connectivity index (χ0) is 20.2. The van der Waals surface area contributed by atoms with Crippen LogP contribution in [-0.4, -0.2) is 22.2 Å². The van der Waals surface area contributed by atoms with Crippen molar-refractivity contribution in [2.45, 2.75) is 0 Å². The molecule has 0 saturated heterocycles. The molecular weight excluding hydrogens is 407 g/mol. The number of nitrogens with one attached hydrogen (secondary N) is 1. The maximum absolute atomic E-state index is 6.18. The highest BCUT2D eigenvalue weighted by atomic mass is 35.5. The van der Waals surface area contributed by atoms with Crippen LogP contribution in [0.3, 0.4) is 0 Å². The first kappa shape index (κ1) is 19.2. The third-order valence-corrected chi connectivity index (χ3v) is 5.02. The van der Waals surface area contributed by atoms with Crippen molar-refractivity contribution < 1.29 is 4.52 Å². The van der Waals surface area contributed by atoms with Gasteiger partial charge in [0.2, 0.25) is 5.82 Å². The predicted octanol–water partition coefficient (Wildman–Crippen LogP) is 6.07. The van der Waals surface area contributed by atoms with Gasteiger partial charge in [0.1, 0.15) is 5.82 Å². The first-order valence-electron chi connectivity index (χ1n) is 8.85. The van der Waals surface area contributed by atoms with E-state index in [-0.39, 0.29) is 0 Å². The summed E-state index contributed by atoms with van der Waals surface area (Å²) in [7, 11) is 1.80. The van der Waals surface area contributed by atoms with Gasteiger partial charge in [0.15, 0.2) is 0 Å². The maximum Gasteiger partial charge on any atom is 0.258 e. The molecule has 29 heavy (non-hydrogen) atoms. The van der Waals surface area contributed by atoms with Crippen LogP contribution in [0.2, 0.25) is 10.0 Å². The highest BCUT2D eigenvalue weighted by Gasteiger charge is 2.17. The average Bonchev–Trinajstić information content (AvgIpc) is 3.25. The standard InChI is InChI=1S/C22H16Cl2N4O/c1-25-20-16(8-5-11-26-20)21-27-22(29-28-21)17(15-6-3-2-4-7-15)12-14-9-10-18(23)19(24)13-14/h2-13H,1H3,(H,25,26)/b17-12-. The Morgan fingerprint density at radius 2 is 1.83 bits per heavy atom. The van der Waals surface area contributed by atoms with Gasteiger partial charge in [-0.3, -0.25) is 0 Å². The molecule has 0 aliphatic rings. The monoisotopic (exact) mass is 422 g/mol. The van der Waals surface area contributed by atoms with E-state index >= 15 is 0 Å². The van der Waals surface area contributed by atoms with Gasteiger partial charge in [0.25, 0.3) is 5.89 Å². The van der Waals surface area contributed by atoms with Crippen LogP contribution >= 0.6 is 23.2 Å². The average molecular weight is 423 g/mol. The van der Waals surface area contributed by atoms with Crippen LogP contribution in [0.1, 0.15) is 17.0 Å². The van der Waals surface area contributed by atoms with Gasteiger partial charge in [-0.2, -0.15) is 4.98 Å². The molecule has 4 rings (SSSR count). The molecule has 0 radical (unpaired) electrons. The van der Waals surface area contributed by atoms with E-state index in [1.54, 1.807) is 25.4 Å². The lowest BCUT2D eigenvalue weighted by Gasteiger charge is -2.05. The van der Waals surface area contributed by atoms with Crippen LogP contribution in [0.4, 0.5) is 5.82 Å². The van der Waals surface area contributed by atoms with Crippen molar-refractivity contribution in [2.75, 3.05) is 12.4 Å². The number of pyridine rings is 1. The number of aromatic nitrogens is 3. The smallest absolute Gasteiger partial charge is 0.258 e. The summed E-state index contributed by atoms with van der Waals surface area (Å²) < 4.78 is 5.62. The summed E-state index contributed by atoms with van der Waals surface area (Å²) in [6, 6.07) is 19.0. The van der Waals surface area contributed by atoms with Gasteiger partial charge in [-0.05, 0) is 41.5 Å². The van der Waals surface area contributed by atoms with Crippen molar-refractivity contribution in [3.8, 4) is 11.4 Å². The number of benzene rings is 2. The molecule has 0 saturated carbocycles. The van der Waals surface area contributed by atoms with Crippen molar-refractivity contribution >= 4 is 40.7 Å². The molecule has 0 spiro atoms. The highest BCUT2D eigenvalue weighted by molar-refractivity contribution is 6.42. The summed E-state index contributed by atoms with van der Waals surface area (Å²) in [5.74, 6) is 1.52. The van der Waals surface area contributed by atoms with E-state index in [1.165, 1.54) is 0 Å². The molecule has 5 nitrogen and oxygen atoms in total. The molecule has 4 aromatic rings. The molecule has 0 bridgehead atoms. The Balaban J connectivity index is 1.82. The molecule has 0 aliphatic carbocycles. The molecule has 2 aromatic heterocycles. The number of hydrogen-bond donors (Lipinski definition) is 1. The first-order chi connectivity index (χ1) is 14.2. The minimum Gasteiger partial charge on any atom is -0.373 e. The summed E-state index contributed by atoms with van der Waals surface area (Å²) in [4.78, 5) is 8.91. The lowest BCUT2D eigenvalue weighted by Crippen LogP contribution is -1.96. The quantitative estimate of drug-likeness (QED) is 0.395. The molecular formula is C22H16Cl2N4O. The Morgan fingerprint density at radius 3 is 2.59 bits per heavy atom. The zero-order valence-electron chi connectivity index (χ0n) is 15.4. The largest absolute Gasteiger partial charge is 0.373 e. The van der Waals surface area contributed by atoms with Gasteiger partial charge in [-0.1, -0.05) is 64.8 Å². The molecule has 7 heteroatoms. The van der Waals surface area contributed by atoms with Crippen LogP contribution in [0.5, 0.6) is 0 Å². The molecule has 0 atom stereocenters. The van der Waals surface area contributed by atoms with Crippen molar-refractivity contribution in [2.24, 2.45) is 0 Å². The molecule has 0 aliphatic heterocycles. The van der Waals surface area contributed by atoms with Crippen molar-refractivity contribution in [1.29, 1.82) is 0 Å². The Morgan fingerprint density at radius 1 is 1.00 bits per heavy atom. The fraction of sp³-hybridized carbons (Fsp3) is 0.0455. The van der Waals surface area contributed by atoms with Crippen LogP contribution in [0.15, 0.2) is 71.4 Å². The van der Waals surface area contributed by atoms with Gasteiger partial charge in [0, 0.05) is 18.8 Å². The molecule has 0 unspecified atom stereocenters.